The summed E-state index contributed by atoms with van der Waals surface area (Å²) in [4.78, 5) is 25.1. The first-order chi connectivity index (χ1) is 12.0. The fourth-order valence-electron chi connectivity index (χ4n) is 2.42. The molecule has 2 aromatic carbocycles. The summed E-state index contributed by atoms with van der Waals surface area (Å²) in [6.07, 6.45) is 1.50. The van der Waals surface area contributed by atoms with Crippen molar-refractivity contribution >= 4 is 17.5 Å². The second-order valence-corrected chi connectivity index (χ2v) is 5.70. The molecule has 0 aliphatic rings. The van der Waals surface area contributed by atoms with Crippen LogP contribution in [0.3, 0.4) is 0 Å². The van der Waals surface area contributed by atoms with Crippen LogP contribution in [0.4, 0.5) is 14.5 Å². The molecule has 0 unspecified atom stereocenters. The average molecular weight is 346 g/mol. The monoisotopic (exact) mass is 346 g/mol. The lowest BCUT2D eigenvalue weighted by Crippen LogP contribution is -2.37. The number of benzene rings is 2. The maximum absolute atomic E-state index is 13.6. The highest BCUT2D eigenvalue weighted by molar-refractivity contribution is 5.94. The quantitative estimate of drug-likeness (QED) is 0.835. The number of hydrogen-bond acceptors (Lipinski definition) is 2. The Kier molecular flexibility index (Phi) is 6.62. The van der Waals surface area contributed by atoms with Crippen LogP contribution in [0.15, 0.2) is 48.5 Å². The molecule has 0 aliphatic heterocycles. The van der Waals surface area contributed by atoms with Gasteiger partial charge >= 0.3 is 0 Å². The maximum atomic E-state index is 13.6. The molecule has 0 saturated carbocycles. The summed E-state index contributed by atoms with van der Waals surface area (Å²) in [5.41, 5.74) is 1.04. The van der Waals surface area contributed by atoms with E-state index < -0.39 is 17.5 Å². The van der Waals surface area contributed by atoms with Gasteiger partial charge in [0.25, 0.3) is 0 Å². The molecule has 0 spiro atoms. The second-order valence-electron chi connectivity index (χ2n) is 5.70. The number of halogens is 2. The van der Waals surface area contributed by atoms with Crippen molar-refractivity contribution in [2.75, 3.05) is 18.4 Å². The molecule has 1 N–H and O–H groups in total. The van der Waals surface area contributed by atoms with Crippen LogP contribution in [0, 0.1) is 11.6 Å². The molecule has 0 heterocycles. The normalized spacial score (nSPS) is 10.4. The number of carbonyl (C=O) groups excluding carboxylic acids is 2. The van der Waals surface area contributed by atoms with Gasteiger partial charge in [0.2, 0.25) is 11.8 Å². The number of nitrogens with zero attached hydrogens (tertiary/aromatic N) is 1. The Balaban J connectivity index is 1.87. The summed E-state index contributed by atoms with van der Waals surface area (Å²) in [5.74, 6) is -2.34. The first-order valence-electron chi connectivity index (χ1n) is 8.00. The Morgan fingerprint density at radius 2 is 1.80 bits per heavy atom. The topological polar surface area (TPSA) is 49.4 Å². The van der Waals surface area contributed by atoms with Gasteiger partial charge in [-0.05, 0) is 30.5 Å². The predicted octanol–water partition coefficient (Wildman–Crippen LogP) is 3.38. The minimum absolute atomic E-state index is 0.112. The molecular formula is C19H20F2N2O2. The summed E-state index contributed by atoms with van der Waals surface area (Å²) in [6, 6.07) is 12.7. The highest BCUT2D eigenvalue weighted by Crippen LogP contribution is 2.15. The zero-order valence-corrected chi connectivity index (χ0v) is 14.0. The van der Waals surface area contributed by atoms with Crippen molar-refractivity contribution < 1.29 is 18.4 Å². The van der Waals surface area contributed by atoms with E-state index in [1.54, 1.807) is 0 Å². The minimum Gasteiger partial charge on any atom is -0.334 e. The van der Waals surface area contributed by atoms with Gasteiger partial charge in [0, 0.05) is 19.5 Å². The Morgan fingerprint density at radius 1 is 1.08 bits per heavy atom. The van der Waals surface area contributed by atoms with E-state index in [9.17, 15) is 18.4 Å². The standard InChI is InChI=1S/C19H20F2N2O2/c1-14(24)23(11-5-8-15-6-3-2-4-7-15)13-19(25)22-18-10-9-16(20)12-17(18)21/h2-4,6-7,9-10,12H,5,8,11,13H2,1H3,(H,22,25). The second kappa shape index (κ2) is 8.92. The molecule has 0 aliphatic carbocycles. The van der Waals surface area contributed by atoms with Crippen molar-refractivity contribution in [1.29, 1.82) is 0 Å². The number of rotatable bonds is 7. The lowest BCUT2D eigenvalue weighted by atomic mass is 10.1. The van der Waals surface area contributed by atoms with Gasteiger partial charge in [-0.25, -0.2) is 8.78 Å². The van der Waals surface area contributed by atoms with Gasteiger partial charge in [0.15, 0.2) is 0 Å². The fraction of sp³-hybridized carbons (Fsp3) is 0.263. The summed E-state index contributed by atoms with van der Waals surface area (Å²) >= 11 is 0. The molecule has 0 fully saturated rings. The Labute approximate surface area is 145 Å². The Hall–Kier alpha value is -2.76. The van der Waals surface area contributed by atoms with Crippen molar-refractivity contribution in [2.45, 2.75) is 19.8 Å². The highest BCUT2D eigenvalue weighted by atomic mass is 19.1. The van der Waals surface area contributed by atoms with Crippen LogP contribution in [-0.2, 0) is 16.0 Å². The fourth-order valence-corrected chi connectivity index (χ4v) is 2.42. The molecule has 0 aromatic heterocycles. The van der Waals surface area contributed by atoms with Crippen molar-refractivity contribution in [1.82, 2.24) is 4.90 Å². The van der Waals surface area contributed by atoms with E-state index in [2.05, 4.69) is 5.32 Å². The van der Waals surface area contributed by atoms with E-state index >= 15 is 0 Å². The van der Waals surface area contributed by atoms with Crippen LogP contribution in [-0.4, -0.2) is 29.8 Å². The van der Waals surface area contributed by atoms with E-state index in [-0.39, 0.29) is 18.1 Å². The lowest BCUT2D eigenvalue weighted by Gasteiger charge is -2.20. The van der Waals surface area contributed by atoms with Crippen molar-refractivity contribution in [3.63, 3.8) is 0 Å². The van der Waals surface area contributed by atoms with E-state index in [4.69, 9.17) is 0 Å². The number of nitrogens with one attached hydrogen (secondary N) is 1. The van der Waals surface area contributed by atoms with Crippen LogP contribution in [0.25, 0.3) is 0 Å². The third kappa shape index (κ3) is 5.99. The Bertz CT molecular complexity index is 735. The van der Waals surface area contributed by atoms with E-state index in [0.29, 0.717) is 19.0 Å². The molecule has 132 valence electrons. The molecule has 2 amide bonds. The van der Waals surface area contributed by atoms with E-state index in [1.807, 2.05) is 30.3 Å². The molecular weight excluding hydrogens is 326 g/mol. The summed E-state index contributed by atoms with van der Waals surface area (Å²) < 4.78 is 26.4. The highest BCUT2D eigenvalue weighted by Gasteiger charge is 2.15. The number of aryl methyl sites for hydroxylation is 1. The first-order valence-corrected chi connectivity index (χ1v) is 8.00. The van der Waals surface area contributed by atoms with Gasteiger partial charge in [-0.15, -0.1) is 0 Å². The number of hydrogen-bond donors (Lipinski definition) is 1. The van der Waals surface area contributed by atoms with Gasteiger partial charge in [0.05, 0.1) is 12.2 Å². The minimum atomic E-state index is -0.855. The number of carbonyl (C=O) groups is 2. The van der Waals surface area contributed by atoms with Crippen LogP contribution in [0.5, 0.6) is 0 Å². The molecule has 0 radical (unpaired) electrons. The predicted molar refractivity (Wildman–Crippen MR) is 92.0 cm³/mol. The van der Waals surface area contributed by atoms with Gasteiger partial charge in [-0.3, -0.25) is 9.59 Å². The molecule has 2 rings (SSSR count). The van der Waals surface area contributed by atoms with Crippen LogP contribution in [0.1, 0.15) is 18.9 Å². The van der Waals surface area contributed by atoms with Crippen molar-refractivity contribution in [3.05, 3.63) is 65.7 Å². The SMILES string of the molecule is CC(=O)N(CCCc1ccccc1)CC(=O)Nc1ccc(F)cc1F. The zero-order chi connectivity index (χ0) is 18.2. The lowest BCUT2D eigenvalue weighted by molar-refractivity contribution is -0.132. The number of anilines is 1. The van der Waals surface area contributed by atoms with Crippen molar-refractivity contribution in [2.24, 2.45) is 0 Å². The third-order valence-electron chi connectivity index (χ3n) is 3.72. The summed E-state index contributed by atoms with van der Waals surface area (Å²) in [7, 11) is 0. The van der Waals surface area contributed by atoms with Gasteiger partial charge < -0.3 is 10.2 Å². The van der Waals surface area contributed by atoms with Crippen LogP contribution >= 0.6 is 0 Å². The molecule has 25 heavy (non-hydrogen) atoms. The summed E-state index contributed by atoms with van der Waals surface area (Å²) in [6.45, 7) is 1.62. The zero-order valence-electron chi connectivity index (χ0n) is 14.0. The van der Waals surface area contributed by atoms with E-state index in [1.165, 1.54) is 11.8 Å². The van der Waals surface area contributed by atoms with Crippen LogP contribution in [0.2, 0.25) is 0 Å². The Morgan fingerprint density at radius 3 is 2.44 bits per heavy atom. The smallest absolute Gasteiger partial charge is 0.244 e. The number of amides is 2. The average Bonchev–Trinajstić information content (AvgIpc) is 2.57. The molecule has 2 aromatic rings. The van der Waals surface area contributed by atoms with E-state index in [0.717, 1.165) is 24.1 Å². The van der Waals surface area contributed by atoms with Crippen LogP contribution < -0.4 is 5.32 Å². The molecule has 0 bridgehead atoms. The largest absolute Gasteiger partial charge is 0.334 e. The van der Waals surface area contributed by atoms with Gasteiger partial charge in [-0.2, -0.15) is 0 Å². The van der Waals surface area contributed by atoms with Gasteiger partial charge in [0.1, 0.15) is 11.6 Å². The molecule has 0 saturated heterocycles. The first kappa shape index (κ1) is 18.6. The maximum Gasteiger partial charge on any atom is 0.244 e. The molecule has 6 heteroatoms. The van der Waals surface area contributed by atoms with Gasteiger partial charge in [-0.1, -0.05) is 30.3 Å². The molecule has 0 atom stereocenters. The van der Waals surface area contributed by atoms with Crippen molar-refractivity contribution in [3.8, 4) is 0 Å². The molecule has 4 nitrogen and oxygen atoms in total. The summed E-state index contributed by atoms with van der Waals surface area (Å²) in [5, 5.41) is 2.36. The third-order valence-corrected chi connectivity index (χ3v) is 3.72.